The Morgan fingerprint density at radius 3 is 2.58 bits per heavy atom. The number of nitro benzene ring substituents is 1. The lowest BCUT2D eigenvalue weighted by Crippen LogP contribution is -2.37. The molecule has 1 unspecified atom stereocenters. The van der Waals surface area contributed by atoms with Crippen LogP contribution in [0.15, 0.2) is 12.1 Å². The number of hydrogen-bond donors (Lipinski definition) is 1. The summed E-state index contributed by atoms with van der Waals surface area (Å²) >= 11 is 0. The largest absolute Gasteiger partial charge is 0.486 e. The van der Waals surface area contributed by atoms with Crippen molar-refractivity contribution in [1.29, 1.82) is 0 Å². The minimum atomic E-state index is -1.00. The maximum Gasteiger partial charge on any atom is 0.305 e. The zero-order chi connectivity index (χ0) is 17.3. The van der Waals surface area contributed by atoms with Gasteiger partial charge >= 0.3 is 5.97 Å². The van der Waals surface area contributed by atoms with Gasteiger partial charge in [0.15, 0.2) is 11.5 Å². The molecule has 0 radical (unpaired) electrons. The molecule has 1 atom stereocenters. The number of nitro groups is 1. The first-order valence-electron chi connectivity index (χ1n) is 7.58. The number of carbonyl (C=O) groups is 2. The first kappa shape index (κ1) is 16.0. The number of hydrogen-bond acceptors (Lipinski definition) is 6. The van der Waals surface area contributed by atoms with Crippen LogP contribution in [-0.4, -0.2) is 52.6 Å². The fourth-order valence-corrected chi connectivity index (χ4v) is 3.07. The maximum atomic E-state index is 12.8. The van der Waals surface area contributed by atoms with Gasteiger partial charge in [0.1, 0.15) is 18.8 Å². The fourth-order valence-electron chi connectivity index (χ4n) is 3.07. The highest BCUT2D eigenvalue weighted by Crippen LogP contribution is 2.38. The van der Waals surface area contributed by atoms with Gasteiger partial charge in [-0.25, -0.2) is 0 Å². The molecule has 1 aromatic carbocycles. The van der Waals surface area contributed by atoms with Gasteiger partial charge in [0.25, 0.3) is 11.6 Å². The molecule has 2 aliphatic heterocycles. The van der Waals surface area contributed by atoms with Gasteiger partial charge in [-0.1, -0.05) is 0 Å². The van der Waals surface area contributed by atoms with Crippen molar-refractivity contribution < 1.29 is 29.1 Å². The van der Waals surface area contributed by atoms with E-state index in [1.54, 1.807) is 0 Å². The Hall–Kier alpha value is -2.84. The predicted molar refractivity (Wildman–Crippen MR) is 80.4 cm³/mol. The fraction of sp³-hybridized carbons (Fsp3) is 0.467. The smallest absolute Gasteiger partial charge is 0.305 e. The third-order valence-electron chi connectivity index (χ3n) is 4.14. The van der Waals surface area contributed by atoms with Crippen LogP contribution in [0.4, 0.5) is 5.69 Å². The molecule has 2 heterocycles. The Balaban J connectivity index is 1.96. The lowest BCUT2D eigenvalue weighted by molar-refractivity contribution is -0.385. The van der Waals surface area contributed by atoms with Crippen LogP contribution < -0.4 is 9.47 Å². The van der Waals surface area contributed by atoms with E-state index in [1.165, 1.54) is 17.0 Å². The molecule has 0 aliphatic carbocycles. The molecule has 2 aliphatic rings. The van der Waals surface area contributed by atoms with Crippen LogP contribution in [0.25, 0.3) is 0 Å². The average Bonchev–Trinajstić information content (AvgIpc) is 3.00. The molecule has 1 saturated heterocycles. The standard InChI is InChI=1S/C15H16N2O7/c18-14(19)6-9-2-1-3-16(9)15(20)10-7-12-13(24-5-4-23-12)8-11(10)17(21)22/h7-9H,1-6H2,(H,18,19). The lowest BCUT2D eigenvalue weighted by Gasteiger charge is -2.24. The number of ether oxygens (including phenoxy) is 2. The lowest BCUT2D eigenvalue weighted by atomic mass is 10.1. The molecule has 1 amide bonds. The number of amides is 1. The second-order valence-corrected chi connectivity index (χ2v) is 5.66. The van der Waals surface area contributed by atoms with Gasteiger partial charge in [-0.3, -0.25) is 19.7 Å². The van der Waals surface area contributed by atoms with E-state index in [0.717, 1.165) is 0 Å². The number of fused-ring (bicyclic) bond motifs is 1. The second-order valence-electron chi connectivity index (χ2n) is 5.66. The van der Waals surface area contributed by atoms with Gasteiger partial charge in [-0.15, -0.1) is 0 Å². The zero-order valence-electron chi connectivity index (χ0n) is 12.8. The molecular formula is C15H16N2O7. The number of carbonyl (C=O) groups excluding carboxylic acids is 1. The van der Waals surface area contributed by atoms with Crippen LogP contribution in [0.2, 0.25) is 0 Å². The molecule has 3 rings (SSSR count). The van der Waals surface area contributed by atoms with Crippen molar-refractivity contribution in [3.05, 3.63) is 27.8 Å². The maximum absolute atomic E-state index is 12.8. The summed E-state index contributed by atoms with van der Waals surface area (Å²) in [6.07, 6.45) is 1.06. The molecule has 24 heavy (non-hydrogen) atoms. The summed E-state index contributed by atoms with van der Waals surface area (Å²) in [7, 11) is 0. The second kappa shape index (κ2) is 6.34. The van der Waals surface area contributed by atoms with E-state index >= 15 is 0 Å². The van der Waals surface area contributed by atoms with E-state index in [1.807, 2.05) is 0 Å². The molecule has 9 nitrogen and oxygen atoms in total. The third-order valence-corrected chi connectivity index (χ3v) is 4.14. The van der Waals surface area contributed by atoms with Crippen LogP contribution >= 0.6 is 0 Å². The van der Waals surface area contributed by atoms with Crippen molar-refractivity contribution in [2.75, 3.05) is 19.8 Å². The Labute approximate surface area is 136 Å². The topological polar surface area (TPSA) is 119 Å². The van der Waals surface area contributed by atoms with Gasteiger partial charge in [-0.05, 0) is 12.8 Å². The van der Waals surface area contributed by atoms with Crippen molar-refractivity contribution in [2.45, 2.75) is 25.3 Å². The van der Waals surface area contributed by atoms with E-state index in [2.05, 4.69) is 0 Å². The first-order chi connectivity index (χ1) is 11.5. The van der Waals surface area contributed by atoms with E-state index in [0.29, 0.717) is 26.0 Å². The van der Waals surface area contributed by atoms with Gasteiger partial charge in [0.05, 0.1) is 17.4 Å². The third kappa shape index (κ3) is 2.97. The number of carboxylic acids is 1. The molecule has 1 aromatic rings. The van der Waals surface area contributed by atoms with Gasteiger partial charge in [0.2, 0.25) is 0 Å². The van der Waals surface area contributed by atoms with E-state index in [9.17, 15) is 19.7 Å². The highest BCUT2D eigenvalue weighted by molar-refractivity contribution is 5.99. The van der Waals surface area contributed by atoms with Gasteiger partial charge in [-0.2, -0.15) is 0 Å². The molecule has 128 valence electrons. The summed E-state index contributed by atoms with van der Waals surface area (Å²) < 4.78 is 10.7. The molecule has 0 spiro atoms. The first-order valence-corrected chi connectivity index (χ1v) is 7.58. The van der Waals surface area contributed by atoms with E-state index < -0.39 is 22.8 Å². The molecule has 9 heteroatoms. The van der Waals surface area contributed by atoms with Crippen molar-refractivity contribution in [3.8, 4) is 11.5 Å². The summed E-state index contributed by atoms with van der Waals surface area (Å²) in [4.78, 5) is 35.8. The van der Waals surface area contributed by atoms with Crippen LogP contribution in [0.3, 0.4) is 0 Å². The highest BCUT2D eigenvalue weighted by Gasteiger charge is 2.35. The van der Waals surface area contributed by atoms with Crippen LogP contribution in [0.5, 0.6) is 11.5 Å². The minimum absolute atomic E-state index is 0.110. The van der Waals surface area contributed by atoms with Gasteiger partial charge < -0.3 is 19.5 Å². The van der Waals surface area contributed by atoms with Crippen molar-refractivity contribution in [3.63, 3.8) is 0 Å². The summed E-state index contributed by atoms with van der Waals surface area (Å²) in [6.45, 7) is 0.955. The zero-order valence-corrected chi connectivity index (χ0v) is 12.8. The SMILES string of the molecule is O=C(O)CC1CCCN1C(=O)c1cc2c(cc1[N+](=O)[O-])OCCO2. The number of carboxylic acid groups (broad SMARTS) is 1. The summed E-state index contributed by atoms with van der Waals surface area (Å²) in [5.74, 6) is -1.05. The number of nitrogens with zero attached hydrogens (tertiary/aromatic N) is 2. The number of likely N-dealkylation sites (tertiary alicyclic amines) is 1. The summed E-state index contributed by atoms with van der Waals surface area (Å²) in [6, 6.07) is 2.04. The summed E-state index contributed by atoms with van der Waals surface area (Å²) in [5.41, 5.74) is -0.480. The van der Waals surface area contributed by atoms with Crippen molar-refractivity contribution in [1.82, 2.24) is 4.90 Å². The predicted octanol–water partition coefficient (Wildman–Crippen LogP) is 1.45. The monoisotopic (exact) mass is 336 g/mol. The Morgan fingerprint density at radius 1 is 1.29 bits per heavy atom. The number of benzene rings is 1. The minimum Gasteiger partial charge on any atom is -0.486 e. The molecule has 0 saturated carbocycles. The average molecular weight is 336 g/mol. The molecule has 0 bridgehead atoms. The van der Waals surface area contributed by atoms with Crippen molar-refractivity contribution >= 4 is 17.6 Å². The van der Waals surface area contributed by atoms with Crippen LogP contribution in [0.1, 0.15) is 29.6 Å². The Morgan fingerprint density at radius 2 is 1.96 bits per heavy atom. The number of rotatable bonds is 4. The highest BCUT2D eigenvalue weighted by atomic mass is 16.6. The Kier molecular flexibility index (Phi) is 4.24. The Bertz CT molecular complexity index is 703. The van der Waals surface area contributed by atoms with Gasteiger partial charge in [0, 0.05) is 18.7 Å². The molecule has 1 fully saturated rings. The molecule has 1 N–H and O–H groups in total. The number of aliphatic carboxylic acids is 1. The quantitative estimate of drug-likeness (QED) is 0.652. The summed E-state index contributed by atoms with van der Waals surface area (Å²) in [5, 5.41) is 20.3. The van der Waals surface area contributed by atoms with Crippen molar-refractivity contribution in [2.24, 2.45) is 0 Å². The molecular weight excluding hydrogens is 320 g/mol. The van der Waals surface area contributed by atoms with Crippen LogP contribution in [0, 0.1) is 10.1 Å². The van der Waals surface area contributed by atoms with E-state index in [4.69, 9.17) is 14.6 Å². The van der Waals surface area contributed by atoms with Crippen LogP contribution in [-0.2, 0) is 4.79 Å². The normalized spacial score (nSPS) is 19.2. The molecule has 0 aromatic heterocycles. The van der Waals surface area contributed by atoms with E-state index in [-0.39, 0.29) is 35.8 Å².